The molecular formula is C8H14N4O. The summed E-state index contributed by atoms with van der Waals surface area (Å²) in [5.74, 6) is 1.22. The summed E-state index contributed by atoms with van der Waals surface area (Å²) in [4.78, 5) is 20.9. The van der Waals surface area contributed by atoms with Crippen molar-refractivity contribution in [1.29, 1.82) is 0 Å². The van der Waals surface area contributed by atoms with E-state index in [1.807, 2.05) is 6.92 Å². The van der Waals surface area contributed by atoms with Crippen molar-refractivity contribution in [3.05, 3.63) is 16.3 Å². The highest BCUT2D eigenvalue weighted by Gasteiger charge is 2.13. The molecule has 0 fully saturated rings. The number of H-pyrrole nitrogens is 1. The Balaban J connectivity index is 3.08. The van der Waals surface area contributed by atoms with Gasteiger partial charge in [0.25, 0.3) is 0 Å². The Morgan fingerprint density at radius 2 is 1.92 bits per heavy atom. The van der Waals surface area contributed by atoms with Crippen molar-refractivity contribution in [1.82, 2.24) is 15.0 Å². The third kappa shape index (κ3) is 2.27. The van der Waals surface area contributed by atoms with Gasteiger partial charge in [0.15, 0.2) is 0 Å². The van der Waals surface area contributed by atoms with E-state index >= 15 is 0 Å². The molecule has 5 heteroatoms. The highest BCUT2D eigenvalue weighted by molar-refractivity contribution is 5.14. The largest absolute Gasteiger partial charge is 0.368 e. The first-order valence-electron chi connectivity index (χ1n) is 4.24. The highest BCUT2D eigenvalue weighted by atomic mass is 16.1. The lowest BCUT2D eigenvalue weighted by atomic mass is 9.97. The van der Waals surface area contributed by atoms with Crippen molar-refractivity contribution in [2.45, 2.75) is 26.7 Å². The SMILES string of the molecule is CC(C)C(C)c1nc(N)nc(=O)[nH]1. The minimum absolute atomic E-state index is 0.0336. The fourth-order valence-electron chi connectivity index (χ4n) is 0.949. The molecule has 1 unspecified atom stereocenters. The van der Waals surface area contributed by atoms with Crippen LogP contribution >= 0.6 is 0 Å². The number of anilines is 1. The number of nitrogens with one attached hydrogen (secondary N) is 1. The summed E-state index contributed by atoms with van der Waals surface area (Å²) in [6, 6.07) is 0. The maximum atomic E-state index is 11.0. The minimum atomic E-state index is -0.435. The Hall–Kier alpha value is -1.39. The van der Waals surface area contributed by atoms with Crippen molar-refractivity contribution in [3.8, 4) is 0 Å². The molecule has 1 heterocycles. The normalized spacial score (nSPS) is 13.2. The first-order chi connectivity index (χ1) is 6.00. The number of nitrogens with two attached hydrogens (primary N) is 1. The van der Waals surface area contributed by atoms with E-state index in [1.165, 1.54) is 0 Å². The molecule has 1 aromatic rings. The molecule has 0 aliphatic rings. The number of aromatic nitrogens is 3. The Bertz CT molecular complexity index is 344. The molecule has 0 radical (unpaired) electrons. The van der Waals surface area contributed by atoms with E-state index < -0.39 is 5.69 Å². The van der Waals surface area contributed by atoms with Crippen LogP contribution in [-0.4, -0.2) is 15.0 Å². The molecule has 0 saturated heterocycles. The highest BCUT2D eigenvalue weighted by Crippen LogP contribution is 2.18. The van der Waals surface area contributed by atoms with Crippen LogP contribution in [0.15, 0.2) is 4.79 Å². The summed E-state index contributed by atoms with van der Waals surface area (Å²) in [5, 5.41) is 0. The van der Waals surface area contributed by atoms with Gasteiger partial charge in [-0.25, -0.2) is 4.79 Å². The van der Waals surface area contributed by atoms with E-state index in [-0.39, 0.29) is 11.9 Å². The van der Waals surface area contributed by atoms with Gasteiger partial charge in [-0.1, -0.05) is 20.8 Å². The van der Waals surface area contributed by atoms with Crippen molar-refractivity contribution >= 4 is 5.95 Å². The first kappa shape index (κ1) is 9.70. The molecule has 0 spiro atoms. The fourth-order valence-corrected chi connectivity index (χ4v) is 0.949. The Labute approximate surface area is 76.4 Å². The van der Waals surface area contributed by atoms with E-state index in [4.69, 9.17) is 5.73 Å². The quantitative estimate of drug-likeness (QED) is 0.697. The summed E-state index contributed by atoms with van der Waals surface area (Å²) in [5.41, 5.74) is 4.92. The van der Waals surface area contributed by atoms with Crippen LogP contribution < -0.4 is 11.4 Å². The monoisotopic (exact) mass is 182 g/mol. The maximum Gasteiger partial charge on any atom is 0.349 e. The van der Waals surface area contributed by atoms with Gasteiger partial charge < -0.3 is 5.73 Å². The second-order valence-corrected chi connectivity index (χ2v) is 3.43. The summed E-state index contributed by atoms with van der Waals surface area (Å²) < 4.78 is 0. The molecule has 1 aromatic heterocycles. The van der Waals surface area contributed by atoms with Crippen molar-refractivity contribution in [2.75, 3.05) is 5.73 Å². The van der Waals surface area contributed by atoms with E-state index in [2.05, 4.69) is 28.8 Å². The minimum Gasteiger partial charge on any atom is -0.368 e. The van der Waals surface area contributed by atoms with Gasteiger partial charge in [-0.3, -0.25) is 4.98 Å². The summed E-state index contributed by atoms with van der Waals surface area (Å²) in [6.45, 7) is 6.10. The lowest BCUT2D eigenvalue weighted by molar-refractivity contribution is 0.507. The molecule has 0 bridgehead atoms. The smallest absolute Gasteiger partial charge is 0.349 e. The van der Waals surface area contributed by atoms with Crippen LogP contribution in [0.1, 0.15) is 32.5 Å². The summed E-state index contributed by atoms with van der Waals surface area (Å²) in [6.07, 6.45) is 0. The topological polar surface area (TPSA) is 84.7 Å². The van der Waals surface area contributed by atoms with Gasteiger partial charge in [-0.15, -0.1) is 0 Å². The van der Waals surface area contributed by atoms with Crippen molar-refractivity contribution in [3.63, 3.8) is 0 Å². The average Bonchev–Trinajstić information content (AvgIpc) is 2.01. The van der Waals surface area contributed by atoms with Crippen LogP contribution in [0.2, 0.25) is 0 Å². The second-order valence-electron chi connectivity index (χ2n) is 3.43. The second kappa shape index (κ2) is 3.55. The molecule has 0 amide bonds. The van der Waals surface area contributed by atoms with Gasteiger partial charge in [0, 0.05) is 5.92 Å². The number of nitrogens with zero attached hydrogens (tertiary/aromatic N) is 2. The summed E-state index contributed by atoms with van der Waals surface area (Å²) in [7, 11) is 0. The van der Waals surface area contributed by atoms with Crippen LogP contribution in [0, 0.1) is 5.92 Å². The van der Waals surface area contributed by atoms with Crippen LogP contribution in [0.25, 0.3) is 0 Å². The molecule has 0 aliphatic carbocycles. The number of hydrogen-bond donors (Lipinski definition) is 2. The Morgan fingerprint density at radius 3 is 2.38 bits per heavy atom. The lowest BCUT2D eigenvalue weighted by Crippen LogP contribution is -2.20. The van der Waals surface area contributed by atoms with Gasteiger partial charge in [0.05, 0.1) is 0 Å². The molecule has 1 rings (SSSR count). The van der Waals surface area contributed by atoms with Gasteiger partial charge >= 0.3 is 5.69 Å². The molecule has 0 aromatic carbocycles. The number of hydrogen-bond acceptors (Lipinski definition) is 4. The molecule has 3 N–H and O–H groups in total. The van der Waals surface area contributed by atoms with E-state index in [9.17, 15) is 4.79 Å². The molecule has 13 heavy (non-hydrogen) atoms. The van der Waals surface area contributed by atoms with E-state index in [0.717, 1.165) is 0 Å². The Kier molecular flexibility index (Phi) is 2.65. The zero-order valence-corrected chi connectivity index (χ0v) is 8.03. The summed E-state index contributed by atoms with van der Waals surface area (Å²) >= 11 is 0. The third-order valence-electron chi connectivity index (χ3n) is 2.12. The molecule has 0 saturated carbocycles. The molecular weight excluding hydrogens is 168 g/mol. The van der Waals surface area contributed by atoms with Crippen molar-refractivity contribution < 1.29 is 0 Å². The van der Waals surface area contributed by atoms with Gasteiger partial charge in [0.2, 0.25) is 5.95 Å². The van der Waals surface area contributed by atoms with Gasteiger partial charge in [-0.05, 0) is 5.92 Å². The average molecular weight is 182 g/mol. The Morgan fingerprint density at radius 1 is 1.31 bits per heavy atom. The van der Waals surface area contributed by atoms with Crippen LogP contribution in [0.5, 0.6) is 0 Å². The molecule has 1 atom stereocenters. The number of aromatic amines is 1. The molecule has 72 valence electrons. The molecule has 5 nitrogen and oxygen atoms in total. The first-order valence-corrected chi connectivity index (χ1v) is 4.24. The number of nitrogen functional groups attached to an aromatic ring is 1. The fraction of sp³-hybridized carbons (Fsp3) is 0.625. The zero-order valence-electron chi connectivity index (χ0n) is 8.03. The van der Waals surface area contributed by atoms with E-state index in [0.29, 0.717) is 11.7 Å². The predicted octanol–water partition coefficient (Wildman–Crippen LogP) is 0.507. The molecule has 0 aliphatic heterocycles. The van der Waals surface area contributed by atoms with Crippen LogP contribution in [0.4, 0.5) is 5.95 Å². The zero-order chi connectivity index (χ0) is 10.0. The van der Waals surface area contributed by atoms with Gasteiger partial charge in [0.1, 0.15) is 5.82 Å². The maximum absolute atomic E-state index is 11.0. The number of rotatable bonds is 2. The standard InChI is InChI=1S/C8H14N4O/c1-4(2)5(3)6-10-7(9)12-8(13)11-6/h4-5H,1-3H3,(H3,9,10,11,12,13). The van der Waals surface area contributed by atoms with Gasteiger partial charge in [-0.2, -0.15) is 9.97 Å². The predicted molar refractivity (Wildman–Crippen MR) is 50.3 cm³/mol. The van der Waals surface area contributed by atoms with Crippen LogP contribution in [-0.2, 0) is 0 Å². The lowest BCUT2D eigenvalue weighted by Gasteiger charge is -2.13. The van der Waals surface area contributed by atoms with Crippen LogP contribution in [0.3, 0.4) is 0 Å². The van der Waals surface area contributed by atoms with Crippen molar-refractivity contribution in [2.24, 2.45) is 5.92 Å². The third-order valence-corrected chi connectivity index (χ3v) is 2.12. The van der Waals surface area contributed by atoms with E-state index in [1.54, 1.807) is 0 Å².